The minimum atomic E-state index is -0.768. The molecule has 10 heteroatoms. The second kappa shape index (κ2) is 7.43. The summed E-state index contributed by atoms with van der Waals surface area (Å²) in [6, 6.07) is 2.93. The van der Waals surface area contributed by atoms with Crippen molar-refractivity contribution < 1.29 is 18.8 Å². The zero-order chi connectivity index (χ0) is 17.8. The van der Waals surface area contributed by atoms with Crippen LogP contribution in [0.25, 0.3) is 0 Å². The van der Waals surface area contributed by atoms with Crippen molar-refractivity contribution >= 4 is 46.2 Å². The number of hydrogen-bond donors (Lipinski definition) is 2. The number of nitrogens with zero attached hydrogens (tertiary/aromatic N) is 3. The Hall–Kier alpha value is -2.75. The molecule has 0 radical (unpaired) electrons. The van der Waals surface area contributed by atoms with E-state index in [1.807, 2.05) is 0 Å². The van der Waals surface area contributed by atoms with Crippen molar-refractivity contribution in [1.82, 2.24) is 10.2 Å². The molecule has 1 aromatic rings. The zero-order valence-electron chi connectivity index (χ0n) is 13.2. The predicted molar refractivity (Wildman–Crippen MR) is 92.0 cm³/mol. The fourth-order valence-corrected chi connectivity index (χ4v) is 3.13. The van der Waals surface area contributed by atoms with Crippen LogP contribution in [0.4, 0.5) is 0 Å². The normalized spacial score (nSPS) is 19.1. The van der Waals surface area contributed by atoms with E-state index in [4.69, 9.17) is 9.83 Å². The van der Waals surface area contributed by atoms with Gasteiger partial charge in [0.25, 0.3) is 5.91 Å². The molecule has 3 heterocycles. The average molecular weight is 361 g/mol. The quantitative estimate of drug-likeness (QED) is 0.818. The van der Waals surface area contributed by atoms with Crippen molar-refractivity contribution in [3.8, 4) is 0 Å². The Kier molecular flexibility index (Phi) is 5.08. The largest absolute Gasteiger partial charge is 0.459 e. The molecule has 0 saturated carbocycles. The average Bonchev–Trinajstić information content (AvgIpc) is 3.29. The molecular weight excluding hydrogens is 346 g/mol. The van der Waals surface area contributed by atoms with Crippen molar-refractivity contribution in [2.24, 2.45) is 9.98 Å². The van der Waals surface area contributed by atoms with Gasteiger partial charge in [-0.3, -0.25) is 25.1 Å². The molecule has 0 aliphatic carbocycles. The van der Waals surface area contributed by atoms with Gasteiger partial charge < -0.3 is 9.32 Å². The van der Waals surface area contributed by atoms with Crippen LogP contribution in [-0.4, -0.2) is 58.2 Å². The van der Waals surface area contributed by atoms with Crippen LogP contribution >= 0.6 is 11.8 Å². The third kappa shape index (κ3) is 4.02. The van der Waals surface area contributed by atoms with Gasteiger partial charge in [0.2, 0.25) is 5.91 Å². The second-order valence-corrected chi connectivity index (χ2v) is 6.30. The van der Waals surface area contributed by atoms with Gasteiger partial charge in [0.1, 0.15) is 0 Å². The molecule has 3 rings (SSSR count). The molecule has 9 nitrogen and oxygen atoms in total. The Labute approximate surface area is 147 Å². The number of hydrogen-bond acceptors (Lipinski definition) is 6. The van der Waals surface area contributed by atoms with E-state index in [-0.39, 0.29) is 22.6 Å². The molecule has 1 aromatic heterocycles. The zero-order valence-corrected chi connectivity index (χ0v) is 14.0. The molecule has 1 saturated heterocycles. The number of carbonyl (C=O) groups excluding carboxylic acids is 3. The van der Waals surface area contributed by atoms with Crippen molar-refractivity contribution in [2.45, 2.75) is 12.8 Å². The number of nitrogens with one attached hydrogen (secondary N) is 2. The summed E-state index contributed by atoms with van der Waals surface area (Å²) in [5.41, 5.74) is -0.392. The highest BCUT2D eigenvalue weighted by Crippen LogP contribution is 2.13. The fraction of sp³-hybridized carbons (Fsp3) is 0.333. The number of amides is 3. The number of likely N-dealkylation sites (tertiary alicyclic amines) is 1. The van der Waals surface area contributed by atoms with Crippen molar-refractivity contribution in [3.63, 3.8) is 0 Å². The number of furan rings is 1. The molecule has 0 bridgehead atoms. The number of thioether (sulfide) groups is 1. The monoisotopic (exact) mass is 361 g/mol. The maximum absolute atomic E-state index is 12.1. The molecule has 130 valence electrons. The lowest BCUT2D eigenvalue weighted by Gasteiger charge is -2.17. The molecule has 0 aromatic carbocycles. The van der Waals surface area contributed by atoms with Gasteiger partial charge in [-0.15, -0.1) is 0 Å². The SMILES string of the molecule is N=C1N=C(SCC(=O)N2CCCC2)NC(=O)C1=NC(=O)c1ccco1. The van der Waals surface area contributed by atoms with Crippen LogP contribution in [0.1, 0.15) is 23.4 Å². The van der Waals surface area contributed by atoms with E-state index in [0.29, 0.717) is 0 Å². The van der Waals surface area contributed by atoms with Gasteiger partial charge in [0, 0.05) is 13.1 Å². The van der Waals surface area contributed by atoms with E-state index in [0.717, 1.165) is 37.7 Å². The van der Waals surface area contributed by atoms with Crippen LogP contribution in [0, 0.1) is 5.41 Å². The fourth-order valence-electron chi connectivity index (χ4n) is 2.36. The first kappa shape index (κ1) is 17.1. The van der Waals surface area contributed by atoms with Crippen LogP contribution in [-0.2, 0) is 9.59 Å². The molecule has 0 atom stereocenters. The molecular formula is C15H15N5O4S. The number of carbonyl (C=O) groups is 3. The molecule has 2 aliphatic heterocycles. The Morgan fingerprint density at radius 3 is 2.80 bits per heavy atom. The van der Waals surface area contributed by atoms with Crippen LogP contribution in [0.3, 0.4) is 0 Å². The van der Waals surface area contributed by atoms with Crippen molar-refractivity contribution in [1.29, 1.82) is 5.41 Å². The summed E-state index contributed by atoms with van der Waals surface area (Å²) < 4.78 is 4.90. The molecule has 0 spiro atoms. The number of aliphatic imine (C=N–C) groups is 2. The Balaban J connectivity index is 1.63. The van der Waals surface area contributed by atoms with Gasteiger partial charge in [-0.2, -0.15) is 4.99 Å². The lowest BCUT2D eigenvalue weighted by atomic mass is 10.3. The lowest BCUT2D eigenvalue weighted by Crippen LogP contribution is -2.44. The van der Waals surface area contributed by atoms with Crippen molar-refractivity contribution in [2.75, 3.05) is 18.8 Å². The molecule has 3 amide bonds. The maximum atomic E-state index is 12.1. The summed E-state index contributed by atoms with van der Waals surface area (Å²) in [5.74, 6) is -1.84. The van der Waals surface area contributed by atoms with Crippen LogP contribution in [0.2, 0.25) is 0 Å². The van der Waals surface area contributed by atoms with Gasteiger partial charge in [0.15, 0.2) is 22.5 Å². The minimum absolute atomic E-state index is 0.0292. The summed E-state index contributed by atoms with van der Waals surface area (Å²) in [6.45, 7) is 1.50. The molecule has 0 unspecified atom stereocenters. The first-order valence-electron chi connectivity index (χ1n) is 7.60. The third-order valence-corrected chi connectivity index (χ3v) is 4.47. The van der Waals surface area contributed by atoms with E-state index < -0.39 is 23.4 Å². The lowest BCUT2D eigenvalue weighted by molar-refractivity contribution is -0.127. The number of amidine groups is 2. The van der Waals surface area contributed by atoms with Crippen molar-refractivity contribution in [3.05, 3.63) is 24.2 Å². The van der Waals surface area contributed by atoms with E-state index in [1.54, 1.807) is 4.90 Å². The van der Waals surface area contributed by atoms with Gasteiger partial charge >= 0.3 is 5.91 Å². The highest BCUT2D eigenvalue weighted by Gasteiger charge is 2.27. The smallest absolute Gasteiger partial charge is 0.313 e. The molecule has 25 heavy (non-hydrogen) atoms. The van der Waals surface area contributed by atoms with E-state index in [1.165, 1.54) is 18.4 Å². The summed E-state index contributed by atoms with van der Waals surface area (Å²) in [7, 11) is 0. The second-order valence-electron chi connectivity index (χ2n) is 5.34. The topological polar surface area (TPSA) is 128 Å². The first-order valence-corrected chi connectivity index (χ1v) is 8.59. The summed E-state index contributed by atoms with van der Waals surface area (Å²) in [5, 5.41) is 10.4. The minimum Gasteiger partial charge on any atom is -0.459 e. The third-order valence-electron chi connectivity index (χ3n) is 3.61. The van der Waals surface area contributed by atoms with E-state index in [2.05, 4.69) is 15.3 Å². The van der Waals surface area contributed by atoms with Crippen LogP contribution in [0.5, 0.6) is 0 Å². The van der Waals surface area contributed by atoms with Gasteiger partial charge in [0.05, 0.1) is 12.0 Å². The van der Waals surface area contributed by atoms with E-state index in [9.17, 15) is 14.4 Å². The standard InChI is InChI=1S/C15H15N5O4S/c16-12-11(17-13(22)9-4-3-7-24-9)14(23)19-15(18-12)25-8-10(21)20-5-1-2-6-20/h3-4,7H,1-2,5-6,8H2,(H2,16,18,19,23). The highest BCUT2D eigenvalue weighted by molar-refractivity contribution is 8.14. The number of rotatable bonds is 3. The molecule has 2 N–H and O–H groups in total. The van der Waals surface area contributed by atoms with E-state index >= 15 is 0 Å². The maximum Gasteiger partial charge on any atom is 0.313 e. The predicted octanol–water partition coefficient (Wildman–Crippen LogP) is 0.679. The summed E-state index contributed by atoms with van der Waals surface area (Å²) >= 11 is 1.05. The van der Waals surface area contributed by atoms with Crippen LogP contribution in [0.15, 0.2) is 32.8 Å². The van der Waals surface area contributed by atoms with Crippen LogP contribution < -0.4 is 5.32 Å². The Bertz CT molecular complexity index is 778. The highest BCUT2D eigenvalue weighted by atomic mass is 32.2. The van der Waals surface area contributed by atoms with Gasteiger partial charge in [-0.25, -0.2) is 4.99 Å². The Morgan fingerprint density at radius 2 is 2.16 bits per heavy atom. The summed E-state index contributed by atoms with van der Waals surface area (Å²) in [4.78, 5) is 45.2. The molecule has 2 aliphatic rings. The van der Waals surface area contributed by atoms with Gasteiger partial charge in [-0.1, -0.05) is 11.8 Å². The molecule has 1 fully saturated rings. The summed E-state index contributed by atoms with van der Waals surface area (Å²) in [6.07, 6.45) is 3.31. The van der Waals surface area contributed by atoms with Gasteiger partial charge in [-0.05, 0) is 25.0 Å². The Morgan fingerprint density at radius 1 is 1.40 bits per heavy atom. The first-order chi connectivity index (χ1) is 12.0.